The zero-order chi connectivity index (χ0) is 18.4. The number of nitrogens with zero attached hydrogens (tertiary/aromatic N) is 1. The summed E-state index contributed by atoms with van der Waals surface area (Å²) in [4.78, 5) is 38.1. The molecule has 3 N–H and O–H groups in total. The van der Waals surface area contributed by atoms with Gasteiger partial charge in [0.15, 0.2) is 5.75 Å². The molecule has 8 nitrogen and oxygen atoms in total. The minimum atomic E-state index is -0.465. The van der Waals surface area contributed by atoms with Crippen molar-refractivity contribution in [3.63, 3.8) is 0 Å². The van der Waals surface area contributed by atoms with E-state index >= 15 is 0 Å². The van der Waals surface area contributed by atoms with E-state index in [0.29, 0.717) is 25.4 Å². The van der Waals surface area contributed by atoms with Gasteiger partial charge < -0.3 is 15.0 Å². The van der Waals surface area contributed by atoms with E-state index in [1.807, 2.05) is 30.3 Å². The number of urea groups is 1. The Morgan fingerprint density at radius 2 is 2.08 bits per heavy atom. The van der Waals surface area contributed by atoms with E-state index in [0.717, 1.165) is 5.56 Å². The predicted octanol–water partition coefficient (Wildman–Crippen LogP) is 1.02. The minimum absolute atomic E-state index is 0.198. The smallest absolute Gasteiger partial charge is 0.336 e. The Labute approximate surface area is 149 Å². The quantitative estimate of drug-likeness (QED) is 0.674. The van der Waals surface area contributed by atoms with Crippen molar-refractivity contribution in [1.82, 2.24) is 20.7 Å². The molecule has 1 saturated heterocycles. The number of ether oxygens (including phenoxy) is 1. The van der Waals surface area contributed by atoms with Crippen LogP contribution in [0.4, 0.5) is 4.79 Å². The average Bonchev–Trinajstić information content (AvgIpc) is 3.04. The Balaban J connectivity index is 1.57. The molecule has 2 heterocycles. The number of aromatic nitrogens is 1. The Morgan fingerprint density at radius 3 is 2.77 bits per heavy atom. The molecule has 8 heteroatoms. The summed E-state index contributed by atoms with van der Waals surface area (Å²) in [5.74, 6) is -0.267. The van der Waals surface area contributed by atoms with E-state index in [-0.39, 0.29) is 17.2 Å². The summed E-state index contributed by atoms with van der Waals surface area (Å²) in [5.41, 5.74) is 3.55. The van der Waals surface area contributed by atoms with Gasteiger partial charge in [0.25, 0.3) is 5.91 Å². The van der Waals surface area contributed by atoms with E-state index in [2.05, 4.69) is 15.7 Å². The van der Waals surface area contributed by atoms with Crippen LogP contribution < -0.4 is 20.9 Å². The van der Waals surface area contributed by atoms with Gasteiger partial charge in [0, 0.05) is 30.6 Å². The van der Waals surface area contributed by atoms with Crippen LogP contribution in [0.25, 0.3) is 6.08 Å². The summed E-state index contributed by atoms with van der Waals surface area (Å²) in [6.45, 7) is 1.18. The van der Waals surface area contributed by atoms with Gasteiger partial charge in [-0.15, -0.1) is 0 Å². The second-order valence-electron chi connectivity index (χ2n) is 5.58. The third kappa shape index (κ3) is 4.50. The second-order valence-corrected chi connectivity index (χ2v) is 5.58. The standard InChI is InChI=1S/C18H18N4O4/c23-15-10-14(6-7-17(24)21-22-9-8-19-18(22)25)20-11-16(15)26-12-13-4-2-1-3-5-13/h1-7,10-11H,8-9,12H2,(H,19,25)(H,20,23)(H,21,24)/b7-6+. The van der Waals surface area contributed by atoms with Crippen LogP contribution in [0.5, 0.6) is 5.75 Å². The first-order valence-electron chi connectivity index (χ1n) is 8.05. The monoisotopic (exact) mass is 354 g/mol. The maximum atomic E-state index is 12.1. The van der Waals surface area contributed by atoms with Crippen LogP contribution in [-0.4, -0.2) is 35.0 Å². The van der Waals surface area contributed by atoms with Gasteiger partial charge in [0.05, 0.1) is 6.54 Å². The molecule has 1 aromatic carbocycles. The lowest BCUT2D eigenvalue weighted by atomic mass is 10.2. The molecule has 1 aliphatic rings. The average molecular weight is 354 g/mol. The van der Waals surface area contributed by atoms with Crippen molar-refractivity contribution in [2.75, 3.05) is 13.1 Å². The maximum Gasteiger partial charge on any atom is 0.336 e. The summed E-state index contributed by atoms with van der Waals surface area (Å²) >= 11 is 0. The molecule has 0 unspecified atom stereocenters. The Hall–Kier alpha value is -3.55. The molecule has 3 amide bonds. The number of amides is 3. The third-order valence-corrected chi connectivity index (χ3v) is 3.65. The van der Waals surface area contributed by atoms with Crippen molar-refractivity contribution in [1.29, 1.82) is 0 Å². The van der Waals surface area contributed by atoms with Crippen LogP contribution in [-0.2, 0) is 11.4 Å². The van der Waals surface area contributed by atoms with Crippen LogP contribution >= 0.6 is 0 Å². The largest absolute Gasteiger partial charge is 0.483 e. The molecule has 0 radical (unpaired) electrons. The summed E-state index contributed by atoms with van der Waals surface area (Å²) < 4.78 is 5.51. The number of hydrogen-bond donors (Lipinski definition) is 3. The number of nitrogens with one attached hydrogen (secondary N) is 3. The third-order valence-electron chi connectivity index (χ3n) is 3.65. The fourth-order valence-electron chi connectivity index (χ4n) is 2.33. The van der Waals surface area contributed by atoms with Gasteiger partial charge in [0.2, 0.25) is 5.43 Å². The number of rotatable bonds is 6. The van der Waals surface area contributed by atoms with Gasteiger partial charge in [-0.1, -0.05) is 30.3 Å². The molecule has 1 aliphatic heterocycles. The van der Waals surface area contributed by atoms with Crippen molar-refractivity contribution in [3.8, 4) is 5.75 Å². The molecule has 0 spiro atoms. The van der Waals surface area contributed by atoms with E-state index in [1.165, 1.54) is 29.4 Å². The van der Waals surface area contributed by atoms with Gasteiger partial charge in [-0.05, 0) is 11.6 Å². The Kier molecular flexibility index (Phi) is 5.33. The molecule has 0 atom stereocenters. The van der Waals surface area contributed by atoms with Crippen LogP contribution in [0.1, 0.15) is 11.3 Å². The van der Waals surface area contributed by atoms with Crippen LogP contribution in [0, 0.1) is 0 Å². The molecule has 134 valence electrons. The van der Waals surface area contributed by atoms with E-state index in [4.69, 9.17) is 4.74 Å². The van der Waals surface area contributed by atoms with Crippen LogP contribution in [0.3, 0.4) is 0 Å². The molecule has 0 saturated carbocycles. The Bertz CT molecular complexity index is 876. The van der Waals surface area contributed by atoms with Crippen molar-refractivity contribution in [2.24, 2.45) is 0 Å². The number of pyridine rings is 1. The van der Waals surface area contributed by atoms with Gasteiger partial charge in [-0.25, -0.2) is 9.80 Å². The lowest BCUT2D eigenvalue weighted by Crippen LogP contribution is -2.43. The fraction of sp³-hybridized carbons (Fsp3) is 0.167. The lowest BCUT2D eigenvalue weighted by molar-refractivity contribution is -0.119. The number of carbonyl (C=O) groups is 2. The fourth-order valence-corrected chi connectivity index (χ4v) is 2.33. The number of carbonyl (C=O) groups excluding carboxylic acids is 2. The van der Waals surface area contributed by atoms with E-state index < -0.39 is 5.91 Å². The highest BCUT2D eigenvalue weighted by atomic mass is 16.5. The molecule has 2 aromatic rings. The van der Waals surface area contributed by atoms with Gasteiger partial charge in [-0.3, -0.25) is 15.0 Å². The van der Waals surface area contributed by atoms with Gasteiger partial charge >= 0.3 is 6.03 Å². The highest BCUT2D eigenvalue weighted by molar-refractivity contribution is 5.93. The number of aromatic amines is 1. The first-order valence-corrected chi connectivity index (χ1v) is 8.05. The first-order chi connectivity index (χ1) is 12.6. The summed E-state index contributed by atoms with van der Waals surface area (Å²) in [6.07, 6.45) is 4.14. The Morgan fingerprint density at radius 1 is 1.27 bits per heavy atom. The number of hydrogen-bond acceptors (Lipinski definition) is 4. The summed E-state index contributed by atoms with van der Waals surface area (Å²) in [5, 5.41) is 3.76. The minimum Gasteiger partial charge on any atom is -0.483 e. The van der Waals surface area contributed by atoms with Crippen molar-refractivity contribution >= 4 is 18.0 Å². The summed E-state index contributed by atoms with van der Waals surface area (Å²) in [7, 11) is 0. The van der Waals surface area contributed by atoms with Crippen LogP contribution in [0.2, 0.25) is 0 Å². The maximum absolute atomic E-state index is 12.1. The molecule has 3 rings (SSSR count). The van der Waals surface area contributed by atoms with E-state index in [1.54, 1.807) is 0 Å². The second kappa shape index (κ2) is 8.02. The van der Waals surface area contributed by atoms with Crippen molar-refractivity contribution < 1.29 is 14.3 Å². The number of benzene rings is 1. The zero-order valence-corrected chi connectivity index (χ0v) is 13.9. The van der Waals surface area contributed by atoms with Crippen LogP contribution in [0.15, 0.2) is 53.5 Å². The molecular formula is C18H18N4O4. The van der Waals surface area contributed by atoms with Crippen molar-refractivity contribution in [3.05, 3.63) is 70.2 Å². The molecule has 1 fully saturated rings. The topological polar surface area (TPSA) is 104 Å². The first kappa shape index (κ1) is 17.3. The zero-order valence-electron chi connectivity index (χ0n) is 13.9. The number of H-pyrrole nitrogens is 1. The highest BCUT2D eigenvalue weighted by Crippen LogP contribution is 2.07. The van der Waals surface area contributed by atoms with Crippen molar-refractivity contribution in [2.45, 2.75) is 6.61 Å². The number of hydrazine groups is 1. The van der Waals surface area contributed by atoms with Gasteiger partial charge in [-0.2, -0.15) is 0 Å². The highest BCUT2D eigenvalue weighted by Gasteiger charge is 2.20. The van der Waals surface area contributed by atoms with Gasteiger partial charge in [0.1, 0.15) is 6.61 Å². The molecule has 0 bridgehead atoms. The predicted molar refractivity (Wildman–Crippen MR) is 95.1 cm³/mol. The van der Waals surface area contributed by atoms with E-state index in [9.17, 15) is 14.4 Å². The molecule has 26 heavy (non-hydrogen) atoms. The lowest BCUT2D eigenvalue weighted by Gasteiger charge is -2.13. The molecular weight excluding hydrogens is 336 g/mol. The SMILES string of the molecule is O=C(/C=C/c1cc(=O)c(OCc2ccccc2)c[nH]1)NN1CCNC1=O. The summed E-state index contributed by atoms with van der Waals surface area (Å²) in [6, 6.07) is 10.5. The molecule has 1 aromatic heterocycles. The molecule has 0 aliphatic carbocycles. The normalized spacial score (nSPS) is 13.7.